The van der Waals surface area contributed by atoms with E-state index < -0.39 is 0 Å². The summed E-state index contributed by atoms with van der Waals surface area (Å²) in [5, 5.41) is 3.10. The van der Waals surface area contributed by atoms with Crippen molar-refractivity contribution >= 4 is 17.5 Å². The van der Waals surface area contributed by atoms with Gasteiger partial charge in [0.2, 0.25) is 5.88 Å². The Morgan fingerprint density at radius 3 is 2.42 bits per heavy atom. The van der Waals surface area contributed by atoms with Crippen molar-refractivity contribution in [2.45, 2.75) is 13.0 Å². The lowest BCUT2D eigenvalue weighted by molar-refractivity contribution is 0.0939. The van der Waals surface area contributed by atoms with Gasteiger partial charge in [0.25, 0.3) is 5.91 Å². The van der Waals surface area contributed by atoms with E-state index in [1.165, 1.54) is 19.2 Å². The summed E-state index contributed by atoms with van der Waals surface area (Å²) < 4.78 is 15.5. The zero-order valence-electron chi connectivity index (χ0n) is 13.9. The van der Waals surface area contributed by atoms with Gasteiger partial charge in [-0.15, -0.1) is 0 Å². The predicted octanol–water partition coefficient (Wildman–Crippen LogP) is 3.25. The van der Waals surface area contributed by atoms with Crippen molar-refractivity contribution in [2.75, 3.05) is 21.3 Å². The molecule has 0 aliphatic carbocycles. The van der Waals surface area contributed by atoms with Gasteiger partial charge in [-0.2, -0.15) is 0 Å². The van der Waals surface area contributed by atoms with Crippen LogP contribution in [0.15, 0.2) is 30.3 Å². The minimum atomic E-state index is -0.278. The van der Waals surface area contributed by atoms with Crippen molar-refractivity contribution in [3.8, 4) is 17.4 Å². The molecule has 1 heterocycles. The van der Waals surface area contributed by atoms with Gasteiger partial charge in [-0.1, -0.05) is 17.7 Å². The Balaban J connectivity index is 2.18. The maximum absolute atomic E-state index is 12.4. The molecule has 0 aliphatic rings. The lowest BCUT2D eigenvalue weighted by Gasteiger charge is -2.17. The molecule has 0 saturated carbocycles. The fourth-order valence-electron chi connectivity index (χ4n) is 2.19. The fourth-order valence-corrected chi connectivity index (χ4v) is 2.39. The Morgan fingerprint density at radius 2 is 1.79 bits per heavy atom. The molecule has 6 nitrogen and oxygen atoms in total. The zero-order valence-corrected chi connectivity index (χ0v) is 14.7. The van der Waals surface area contributed by atoms with E-state index in [4.69, 9.17) is 25.8 Å². The van der Waals surface area contributed by atoms with Crippen LogP contribution < -0.4 is 19.5 Å². The molecule has 1 atom stereocenters. The lowest BCUT2D eigenvalue weighted by atomic mass is 10.1. The number of nitrogens with one attached hydrogen (secondary N) is 1. The number of nitrogens with zero attached hydrogens (tertiary/aromatic N) is 1. The molecule has 0 fully saturated rings. The summed E-state index contributed by atoms with van der Waals surface area (Å²) in [6.45, 7) is 1.87. The number of amides is 1. The lowest BCUT2D eigenvalue weighted by Crippen LogP contribution is -2.26. The highest BCUT2D eigenvalue weighted by Crippen LogP contribution is 2.30. The molecular formula is C17H19ClN2O4. The Bertz CT molecular complexity index is 737. The quantitative estimate of drug-likeness (QED) is 0.810. The number of methoxy groups -OCH3 is 3. The van der Waals surface area contributed by atoms with Gasteiger partial charge in [0, 0.05) is 11.6 Å². The number of rotatable bonds is 6. The minimum Gasteiger partial charge on any atom is -0.493 e. The topological polar surface area (TPSA) is 69.7 Å². The molecule has 0 spiro atoms. The van der Waals surface area contributed by atoms with Crippen molar-refractivity contribution in [1.29, 1.82) is 0 Å². The summed E-state index contributed by atoms with van der Waals surface area (Å²) in [4.78, 5) is 16.4. The number of benzene rings is 1. The van der Waals surface area contributed by atoms with Crippen molar-refractivity contribution in [3.63, 3.8) is 0 Å². The molecule has 128 valence electrons. The van der Waals surface area contributed by atoms with Crippen molar-refractivity contribution in [3.05, 3.63) is 46.6 Å². The average Bonchev–Trinajstić information content (AvgIpc) is 2.60. The van der Waals surface area contributed by atoms with Gasteiger partial charge in [-0.05, 0) is 30.7 Å². The summed E-state index contributed by atoms with van der Waals surface area (Å²) in [5.74, 6) is 1.24. The van der Waals surface area contributed by atoms with Crippen molar-refractivity contribution in [2.24, 2.45) is 0 Å². The first-order chi connectivity index (χ1) is 11.5. The molecule has 2 aromatic rings. The first kappa shape index (κ1) is 17.9. The maximum atomic E-state index is 12.4. The SMILES string of the molecule is COc1cc(C(=O)NC(C)c2ccc(OC)c(OC)c2)cc(Cl)n1. The van der Waals surface area contributed by atoms with Crippen LogP contribution in [0.25, 0.3) is 0 Å². The van der Waals surface area contributed by atoms with Crippen LogP contribution in [0.5, 0.6) is 17.4 Å². The van der Waals surface area contributed by atoms with Gasteiger partial charge in [0.15, 0.2) is 11.5 Å². The minimum absolute atomic E-state index is 0.193. The van der Waals surface area contributed by atoms with E-state index in [2.05, 4.69) is 10.3 Å². The van der Waals surface area contributed by atoms with Gasteiger partial charge in [-0.25, -0.2) is 4.98 Å². The van der Waals surface area contributed by atoms with Gasteiger partial charge in [0.1, 0.15) is 5.15 Å². The van der Waals surface area contributed by atoms with E-state index in [-0.39, 0.29) is 23.0 Å². The molecule has 1 N–H and O–H groups in total. The highest BCUT2D eigenvalue weighted by atomic mass is 35.5. The van der Waals surface area contributed by atoms with E-state index in [9.17, 15) is 4.79 Å². The third kappa shape index (κ3) is 4.08. The monoisotopic (exact) mass is 350 g/mol. The number of hydrogen-bond acceptors (Lipinski definition) is 5. The van der Waals surface area contributed by atoms with Crippen LogP contribution in [0.1, 0.15) is 28.9 Å². The van der Waals surface area contributed by atoms with Crippen LogP contribution in [0.3, 0.4) is 0 Å². The summed E-state index contributed by atoms with van der Waals surface area (Å²) in [6, 6.07) is 8.26. The number of pyridine rings is 1. The number of ether oxygens (including phenoxy) is 3. The molecule has 1 amide bonds. The second-order valence-electron chi connectivity index (χ2n) is 5.03. The Hall–Kier alpha value is -2.47. The molecule has 1 unspecified atom stereocenters. The zero-order chi connectivity index (χ0) is 17.7. The van der Waals surface area contributed by atoms with Crippen LogP contribution in [-0.4, -0.2) is 32.2 Å². The molecule has 2 rings (SSSR count). The van der Waals surface area contributed by atoms with E-state index >= 15 is 0 Å². The fraction of sp³-hybridized carbons (Fsp3) is 0.294. The first-order valence-corrected chi connectivity index (χ1v) is 7.60. The molecule has 0 radical (unpaired) electrons. The largest absolute Gasteiger partial charge is 0.493 e. The van der Waals surface area contributed by atoms with E-state index in [1.807, 2.05) is 19.1 Å². The van der Waals surface area contributed by atoms with Gasteiger partial charge < -0.3 is 19.5 Å². The second kappa shape index (κ2) is 7.88. The Morgan fingerprint density at radius 1 is 1.08 bits per heavy atom. The number of carbonyl (C=O) groups is 1. The summed E-state index contributed by atoms with van der Waals surface area (Å²) in [6.07, 6.45) is 0. The number of aromatic nitrogens is 1. The second-order valence-corrected chi connectivity index (χ2v) is 5.42. The molecule has 0 bridgehead atoms. The number of carbonyl (C=O) groups excluding carboxylic acids is 1. The molecule has 1 aromatic carbocycles. The molecule has 7 heteroatoms. The van der Waals surface area contributed by atoms with Gasteiger partial charge in [0.05, 0.1) is 27.4 Å². The Kier molecular flexibility index (Phi) is 5.87. The normalized spacial score (nSPS) is 11.5. The Labute approximate surface area is 145 Å². The maximum Gasteiger partial charge on any atom is 0.252 e. The van der Waals surface area contributed by atoms with E-state index in [0.29, 0.717) is 17.1 Å². The van der Waals surface area contributed by atoms with Crippen molar-refractivity contribution in [1.82, 2.24) is 10.3 Å². The summed E-state index contributed by atoms with van der Waals surface area (Å²) >= 11 is 5.90. The summed E-state index contributed by atoms with van der Waals surface area (Å²) in [7, 11) is 4.60. The van der Waals surface area contributed by atoms with Crippen LogP contribution in [-0.2, 0) is 0 Å². The van der Waals surface area contributed by atoms with Gasteiger partial charge >= 0.3 is 0 Å². The molecule has 0 saturated heterocycles. The number of halogens is 1. The highest BCUT2D eigenvalue weighted by Gasteiger charge is 2.15. The smallest absolute Gasteiger partial charge is 0.252 e. The third-order valence-corrected chi connectivity index (χ3v) is 3.69. The molecule has 0 aliphatic heterocycles. The first-order valence-electron chi connectivity index (χ1n) is 7.22. The van der Waals surface area contributed by atoms with E-state index in [0.717, 1.165) is 5.56 Å². The molecule has 1 aromatic heterocycles. The van der Waals surface area contributed by atoms with Crippen LogP contribution >= 0.6 is 11.6 Å². The van der Waals surface area contributed by atoms with Crippen LogP contribution in [0, 0.1) is 0 Å². The van der Waals surface area contributed by atoms with Crippen LogP contribution in [0.2, 0.25) is 5.15 Å². The van der Waals surface area contributed by atoms with Gasteiger partial charge in [-0.3, -0.25) is 4.79 Å². The average molecular weight is 351 g/mol. The number of hydrogen-bond donors (Lipinski definition) is 1. The van der Waals surface area contributed by atoms with E-state index in [1.54, 1.807) is 20.3 Å². The van der Waals surface area contributed by atoms with Crippen LogP contribution in [0.4, 0.5) is 0 Å². The molecular weight excluding hydrogens is 332 g/mol. The molecule has 24 heavy (non-hydrogen) atoms. The standard InChI is InChI=1S/C17H19ClN2O4/c1-10(11-5-6-13(22-2)14(7-11)23-3)19-17(21)12-8-15(18)20-16(9-12)24-4/h5-10H,1-4H3,(H,19,21). The summed E-state index contributed by atoms with van der Waals surface area (Å²) in [5.41, 5.74) is 1.26. The van der Waals surface area contributed by atoms with Crippen molar-refractivity contribution < 1.29 is 19.0 Å². The third-order valence-electron chi connectivity index (χ3n) is 3.50. The predicted molar refractivity (Wildman–Crippen MR) is 91.2 cm³/mol. The highest BCUT2D eigenvalue weighted by molar-refractivity contribution is 6.29.